The van der Waals surface area contributed by atoms with Gasteiger partial charge in [0.2, 0.25) is 5.91 Å². The quantitative estimate of drug-likeness (QED) is 0.284. The van der Waals surface area contributed by atoms with E-state index in [-0.39, 0.29) is 35.5 Å². The number of aromatic amines is 1. The van der Waals surface area contributed by atoms with Crippen LogP contribution >= 0.6 is 0 Å². The maximum Gasteiger partial charge on any atom is 0.318 e. The number of Topliss-reactive ketones (excluding diaryl/α,β-unsaturated/α-hetero) is 1. The third-order valence-corrected chi connectivity index (χ3v) is 8.03. The summed E-state index contributed by atoms with van der Waals surface area (Å²) in [6, 6.07) is 12.6. The number of para-hydroxylation sites is 1. The van der Waals surface area contributed by atoms with Crippen LogP contribution in [-0.4, -0.2) is 72.3 Å². The predicted octanol–water partition coefficient (Wildman–Crippen LogP) is 5.39. The molecule has 1 aliphatic heterocycles. The third-order valence-electron chi connectivity index (χ3n) is 8.03. The zero-order chi connectivity index (χ0) is 30.4. The number of hydrogen-bond acceptors (Lipinski definition) is 5. The van der Waals surface area contributed by atoms with Crippen molar-refractivity contribution < 1.29 is 19.1 Å². The van der Waals surface area contributed by atoms with E-state index >= 15 is 0 Å². The van der Waals surface area contributed by atoms with Crippen molar-refractivity contribution in [1.82, 2.24) is 20.1 Å². The molecular weight excluding hydrogens is 530 g/mol. The Hall–Kier alpha value is -3.85. The Kier molecular flexibility index (Phi) is 10.3. The number of anilines is 1. The van der Waals surface area contributed by atoms with E-state index in [0.717, 1.165) is 22.0 Å². The summed E-state index contributed by atoms with van der Waals surface area (Å²) in [5.41, 5.74) is 3.51. The van der Waals surface area contributed by atoms with Gasteiger partial charge in [-0.15, -0.1) is 0 Å². The zero-order valence-corrected chi connectivity index (χ0v) is 25.7. The fraction of sp³-hybridized carbons (Fsp3) is 0.485. The van der Waals surface area contributed by atoms with Gasteiger partial charge in [-0.25, -0.2) is 4.79 Å². The average Bonchev–Trinajstić information content (AvgIpc) is 3.40. The Morgan fingerprint density at radius 1 is 1.07 bits per heavy atom. The Morgan fingerprint density at radius 3 is 2.45 bits per heavy atom. The fourth-order valence-electron chi connectivity index (χ4n) is 5.76. The monoisotopic (exact) mass is 575 g/mol. The molecule has 0 bridgehead atoms. The van der Waals surface area contributed by atoms with Gasteiger partial charge < -0.3 is 30.2 Å². The molecular formula is C33H45N5O4. The summed E-state index contributed by atoms with van der Waals surface area (Å²) in [5.74, 6) is 0.125. The van der Waals surface area contributed by atoms with Crippen LogP contribution in [0, 0.1) is 11.8 Å². The summed E-state index contributed by atoms with van der Waals surface area (Å²) in [5, 5.41) is 7.13. The van der Waals surface area contributed by atoms with Crippen molar-refractivity contribution >= 4 is 34.3 Å². The number of aromatic nitrogens is 1. The van der Waals surface area contributed by atoms with Crippen LogP contribution in [0.2, 0.25) is 0 Å². The van der Waals surface area contributed by atoms with Crippen molar-refractivity contribution in [2.24, 2.45) is 11.8 Å². The van der Waals surface area contributed by atoms with Crippen molar-refractivity contribution in [3.63, 3.8) is 0 Å². The highest BCUT2D eigenvalue weighted by atomic mass is 16.5. The number of carbonyl (C=O) groups is 3. The van der Waals surface area contributed by atoms with E-state index < -0.39 is 6.04 Å². The lowest BCUT2D eigenvalue weighted by Crippen LogP contribution is -2.53. The predicted molar refractivity (Wildman–Crippen MR) is 167 cm³/mol. The van der Waals surface area contributed by atoms with Crippen LogP contribution in [0.1, 0.15) is 57.6 Å². The van der Waals surface area contributed by atoms with E-state index in [2.05, 4.69) is 20.5 Å². The largest absolute Gasteiger partial charge is 0.492 e. The minimum atomic E-state index is -0.862. The lowest BCUT2D eigenvalue weighted by molar-refractivity contribution is -0.127. The molecule has 0 radical (unpaired) electrons. The van der Waals surface area contributed by atoms with E-state index in [1.54, 1.807) is 4.90 Å². The van der Waals surface area contributed by atoms with Crippen molar-refractivity contribution in [2.75, 3.05) is 39.1 Å². The Morgan fingerprint density at radius 2 is 1.79 bits per heavy atom. The van der Waals surface area contributed by atoms with Gasteiger partial charge in [0.15, 0.2) is 0 Å². The van der Waals surface area contributed by atoms with E-state index in [1.807, 2.05) is 90.5 Å². The summed E-state index contributed by atoms with van der Waals surface area (Å²) in [6.45, 7) is 9.82. The minimum Gasteiger partial charge on any atom is -0.492 e. The Balaban J connectivity index is 1.59. The van der Waals surface area contributed by atoms with Gasteiger partial charge >= 0.3 is 6.03 Å². The van der Waals surface area contributed by atoms with Crippen LogP contribution in [0.3, 0.4) is 0 Å². The average molecular weight is 576 g/mol. The van der Waals surface area contributed by atoms with Gasteiger partial charge in [-0.2, -0.15) is 0 Å². The first-order valence-electron chi connectivity index (χ1n) is 15.0. The maximum atomic E-state index is 14.0. The number of carbonyl (C=O) groups excluding carboxylic acids is 3. The van der Waals surface area contributed by atoms with Crippen LogP contribution in [-0.2, 0) is 16.1 Å². The number of ketones is 1. The molecule has 0 unspecified atom stereocenters. The third kappa shape index (κ3) is 7.31. The second-order valence-electron chi connectivity index (χ2n) is 11.8. The first-order valence-corrected chi connectivity index (χ1v) is 15.0. The van der Waals surface area contributed by atoms with Crippen LogP contribution in [0.5, 0.6) is 5.75 Å². The lowest BCUT2D eigenvalue weighted by atomic mass is 9.87. The van der Waals surface area contributed by atoms with Gasteiger partial charge in [-0.3, -0.25) is 9.59 Å². The topological polar surface area (TPSA) is 107 Å². The highest BCUT2D eigenvalue weighted by Crippen LogP contribution is 2.31. The normalized spacial score (nSPS) is 15.6. The maximum absolute atomic E-state index is 14.0. The number of amides is 3. The summed E-state index contributed by atoms with van der Waals surface area (Å²) in [6.07, 6.45) is 3.18. The van der Waals surface area contributed by atoms with Crippen molar-refractivity contribution in [3.05, 3.63) is 59.8 Å². The summed E-state index contributed by atoms with van der Waals surface area (Å²) >= 11 is 0. The number of piperidine rings is 1. The molecule has 9 heteroatoms. The molecule has 1 aliphatic rings. The Bertz CT molecular complexity index is 1390. The molecule has 3 N–H and O–H groups in total. The molecule has 0 saturated carbocycles. The summed E-state index contributed by atoms with van der Waals surface area (Å²) in [7, 11) is 3.98. The minimum absolute atomic E-state index is 0.0155. The van der Waals surface area contributed by atoms with Gasteiger partial charge in [0, 0.05) is 54.5 Å². The molecule has 2 aromatic carbocycles. The number of urea groups is 1. The van der Waals surface area contributed by atoms with Crippen molar-refractivity contribution in [2.45, 2.75) is 59.0 Å². The van der Waals surface area contributed by atoms with Crippen LogP contribution in [0.25, 0.3) is 10.9 Å². The summed E-state index contributed by atoms with van der Waals surface area (Å²) in [4.78, 5) is 47.2. The number of nitrogens with zero attached hydrogens (tertiary/aromatic N) is 2. The van der Waals surface area contributed by atoms with Crippen LogP contribution in [0.4, 0.5) is 10.5 Å². The molecule has 0 aliphatic carbocycles. The summed E-state index contributed by atoms with van der Waals surface area (Å²) < 4.78 is 5.83. The zero-order valence-electron chi connectivity index (χ0n) is 25.7. The molecule has 1 saturated heterocycles. The Labute approximate surface area is 249 Å². The van der Waals surface area contributed by atoms with E-state index in [0.29, 0.717) is 50.5 Å². The van der Waals surface area contributed by atoms with Crippen molar-refractivity contribution in [1.29, 1.82) is 0 Å². The number of hydrogen-bond donors (Lipinski definition) is 3. The molecule has 3 amide bonds. The number of likely N-dealkylation sites (tertiary alicyclic amines) is 1. The smallest absolute Gasteiger partial charge is 0.318 e. The van der Waals surface area contributed by atoms with E-state index in [4.69, 9.17) is 4.74 Å². The molecule has 3 aromatic rings. The molecule has 42 heavy (non-hydrogen) atoms. The van der Waals surface area contributed by atoms with Gasteiger partial charge in [0.25, 0.3) is 0 Å². The molecule has 9 nitrogen and oxygen atoms in total. The highest BCUT2D eigenvalue weighted by Gasteiger charge is 2.34. The number of H-pyrrole nitrogens is 1. The molecule has 0 spiro atoms. The van der Waals surface area contributed by atoms with Gasteiger partial charge in [-0.1, -0.05) is 45.0 Å². The lowest BCUT2D eigenvalue weighted by Gasteiger charge is -2.34. The number of benzene rings is 2. The fourth-order valence-corrected chi connectivity index (χ4v) is 5.76. The number of rotatable bonds is 11. The van der Waals surface area contributed by atoms with Gasteiger partial charge in [0.1, 0.15) is 17.6 Å². The molecule has 1 aromatic heterocycles. The van der Waals surface area contributed by atoms with Crippen LogP contribution in [0.15, 0.2) is 48.7 Å². The molecule has 226 valence electrons. The second-order valence-corrected chi connectivity index (χ2v) is 11.8. The SMILES string of the molecule is CCOc1ccc(CN(C)C)cc1NC(=O)[C@H](NC(=O)N1CCC(C(=O)C(C)C)CC1)[C@@H](C)c1c[nH]c2ccccc12. The second kappa shape index (κ2) is 13.9. The molecule has 1 fully saturated rings. The van der Waals surface area contributed by atoms with E-state index in [1.165, 1.54) is 0 Å². The number of fused-ring (bicyclic) bond motifs is 1. The van der Waals surface area contributed by atoms with Gasteiger partial charge in [-0.05, 0) is 63.2 Å². The number of nitrogens with one attached hydrogen (secondary N) is 3. The van der Waals surface area contributed by atoms with Crippen molar-refractivity contribution in [3.8, 4) is 5.75 Å². The highest BCUT2D eigenvalue weighted by molar-refractivity contribution is 5.99. The van der Waals surface area contributed by atoms with E-state index in [9.17, 15) is 14.4 Å². The standard InChI is InChI=1S/C33H45N5O4/c1-7-42-29-13-12-23(20-37(5)6)18-28(29)35-32(40)30(22(4)26-19-34-27-11-9-8-10-25(26)27)36-33(41)38-16-14-24(15-17-38)31(39)21(2)3/h8-13,18-19,21-22,24,30,34H,7,14-17,20H2,1-6H3,(H,35,40)(H,36,41)/t22-,30+/m0/s1. The molecule has 4 rings (SSSR count). The van der Waals surface area contributed by atoms with Gasteiger partial charge in [0.05, 0.1) is 12.3 Å². The molecule has 2 heterocycles. The first kappa shape index (κ1) is 31.1. The number of ether oxygens (including phenoxy) is 1. The molecule has 2 atom stereocenters. The first-order chi connectivity index (χ1) is 20.1. The van der Waals surface area contributed by atoms with Crippen LogP contribution < -0.4 is 15.4 Å².